The Hall–Kier alpha value is -1.86. The molecule has 0 radical (unpaired) electrons. The van der Waals surface area contributed by atoms with Gasteiger partial charge in [-0.05, 0) is 24.6 Å². The van der Waals surface area contributed by atoms with E-state index in [9.17, 15) is 8.42 Å². The lowest BCUT2D eigenvalue weighted by molar-refractivity contribution is 0.577. The van der Waals surface area contributed by atoms with E-state index in [0.717, 1.165) is 5.56 Å². The molecule has 6 nitrogen and oxygen atoms in total. The van der Waals surface area contributed by atoms with Gasteiger partial charge in [0.05, 0.1) is 11.4 Å². The minimum absolute atomic E-state index is 0.139. The monoisotopic (exact) mass is 280 g/mol. The van der Waals surface area contributed by atoms with Crippen molar-refractivity contribution >= 4 is 15.7 Å². The summed E-state index contributed by atoms with van der Waals surface area (Å²) in [4.78, 5) is 4.21. The summed E-state index contributed by atoms with van der Waals surface area (Å²) < 4.78 is 28.5. The van der Waals surface area contributed by atoms with Crippen molar-refractivity contribution in [2.75, 3.05) is 5.73 Å². The Labute approximate surface area is 112 Å². The first-order valence-corrected chi connectivity index (χ1v) is 7.20. The van der Waals surface area contributed by atoms with Crippen LogP contribution in [-0.2, 0) is 23.6 Å². The first-order chi connectivity index (χ1) is 8.90. The molecular formula is C12H16N4O2S. The number of nitrogens with two attached hydrogens (primary N) is 1. The number of sulfonamides is 1. The molecule has 1 heterocycles. The van der Waals surface area contributed by atoms with Crippen LogP contribution in [0.3, 0.4) is 0 Å². The van der Waals surface area contributed by atoms with E-state index in [0.29, 0.717) is 11.5 Å². The quantitative estimate of drug-likeness (QED) is 0.810. The normalized spacial score (nSPS) is 11.7. The molecule has 19 heavy (non-hydrogen) atoms. The summed E-state index contributed by atoms with van der Waals surface area (Å²) in [7, 11) is -1.77. The summed E-state index contributed by atoms with van der Waals surface area (Å²) in [6, 6.07) is 4.67. The van der Waals surface area contributed by atoms with Gasteiger partial charge in [0, 0.05) is 25.1 Å². The molecule has 0 atom stereocenters. The van der Waals surface area contributed by atoms with E-state index in [-0.39, 0.29) is 11.4 Å². The Balaban J connectivity index is 2.18. The van der Waals surface area contributed by atoms with Gasteiger partial charge in [-0.3, -0.25) is 0 Å². The van der Waals surface area contributed by atoms with Crippen LogP contribution < -0.4 is 10.5 Å². The van der Waals surface area contributed by atoms with Crippen LogP contribution in [0.1, 0.15) is 11.4 Å². The van der Waals surface area contributed by atoms with Gasteiger partial charge >= 0.3 is 0 Å². The third-order valence-corrected chi connectivity index (χ3v) is 4.30. The van der Waals surface area contributed by atoms with E-state index < -0.39 is 10.0 Å². The molecule has 7 heteroatoms. The van der Waals surface area contributed by atoms with E-state index in [1.165, 1.54) is 12.1 Å². The maximum absolute atomic E-state index is 12.1. The summed E-state index contributed by atoms with van der Waals surface area (Å²) in [5, 5.41) is 0. The van der Waals surface area contributed by atoms with Crippen molar-refractivity contribution in [1.29, 1.82) is 0 Å². The van der Waals surface area contributed by atoms with Crippen molar-refractivity contribution in [3.8, 4) is 0 Å². The van der Waals surface area contributed by atoms with E-state index in [1.54, 1.807) is 30.1 Å². The Morgan fingerprint density at radius 3 is 2.74 bits per heavy atom. The fourth-order valence-electron chi connectivity index (χ4n) is 1.60. The lowest BCUT2D eigenvalue weighted by Crippen LogP contribution is -2.24. The zero-order chi connectivity index (χ0) is 14.0. The molecule has 102 valence electrons. The Kier molecular flexibility index (Phi) is 3.59. The van der Waals surface area contributed by atoms with Gasteiger partial charge in [0.15, 0.2) is 0 Å². The van der Waals surface area contributed by atoms with Crippen molar-refractivity contribution in [2.24, 2.45) is 7.05 Å². The number of nitrogens with zero attached hydrogens (tertiary/aromatic N) is 2. The lowest BCUT2D eigenvalue weighted by atomic mass is 10.2. The number of imidazole rings is 1. The highest BCUT2D eigenvalue weighted by molar-refractivity contribution is 7.89. The molecule has 0 saturated heterocycles. The van der Waals surface area contributed by atoms with E-state index in [2.05, 4.69) is 9.71 Å². The average molecular weight is 280 g/mol. The van der Waals surface area contributed by atoms with Gasteiger partial charge < -0.3 is 10.3 Å². The summed E-state index contributed by atoms with van der Waals surface area (Å²) >= 11 is 0. The van der Waals surface area contributed by atoms with E-state index in [4.69, 9.17) is 5.73 Å². The second kappa shape index (κ2) is 5.02. The number of rotatable bonds is 4. The summed E-state index contributed by atoms with van der Waals surface area (Å²) in [6.45, 7) is 1.96. The number of nitrogen functional groups attached to an aromatic ring is 1. The second-order valence-electron chi connectivity index (χ2n) is 4.30. The Morgan fingerprint density at radius 2 is 2.16 bits per heavy atom. The van der Waals surface area contributed by atoms with Crippen LogP contribution in [0.25, 0.3) is 0 Å². The van der Waals surface area contributed by atoms with Gasteiger partial charge in [0.25, 0.3) is 0 Å². The molecule has 0 unspecified atom stereocenters. The first kappa shape index (κ1) is 13.6. The maximum Gasteiger partial charge on any atom is 0.241 e. The maximum atomic E-state index is 12.1. The van der Waals surface area contributed by atoms with Crippen molar-refractivity contribution in [1.82, 2.24) is 14.3 Å². The van der Waals surface area contributed by atoms with Crippen LogP contribution in [0.4, 0.5) is 5.69 Å². The van der Waals surface area contributed by atoms with Gasteiger partial charge in [-0.15, -0.1) is 0 Å². The van der Waals surface area contributed by atoms with E-state index >= 15 is 0 Å². The molecular weight excluding hydrogens is 264 g/mol. The fourth-order valence-corrected chi connectivity index (χ4v) is 2.61. The molecule has 2 aromatic rings. The highest BCUT2D eigenvalue weighted by Gasteiger charge is 2.15. The Bertz CT molecular complexity index is 692. The topological polar surface area (TPSA) is 90.0 Å². The zero-order valence-electron chi connectivity index (χ0n) is 10.8. The number of hydrogen-bond donors (Lipinski definition) is 2. The van der Waals surface area contributed by atoms with Crippen LogP contribution in [0.2, 0.25) is 0 Å². The molecule has 1 aromatic heterocycles. The molecule has 0 aliphatic rings. The predicted molar refractivity (Wildman–Crippen MR) is 72.8 cm³/mol. The molecule has 0 amide bonds. The lowest BCUT2D eigenvalue weighted by Gasteiger charge is -2.08. The minimum atomic E-state index is -3.58. The van der Waals surface area contributed by atoms with Crippen molar-refractivity contribution in [3.05, 3.63) is 42.0 Å². The molecule has 0 aliphatic carbocycles. The molecule has 0 saturated carbocycles. The largest absolute Gasteiger partial charge is 0.398 e. The van der Waals surface area contributed by atoms with Crippen LogP contribution >= 0.6 is 0 Å². The van der Waals surface area contributed by atoms with Crippen LogP contribution in [-0.4, -0.2) is 18.0 Å². The summed E-state index contributed by atoms with van der Waals surface area (Å²) in [5.74, 6) is 0.642. The number of benzene rings is 1. The van der Waals surface area contributed by atoms with Crippen molar-refractivity contribution < 1.29 is 8.42 Å². The van der Waals surface area contributed by atoms with Gasteiger partial charge in [-0.1, -0.05) is 6.07 Å². The molecule has 2 rings (SSSR count). The standard InChI is InChI=1S/C12H16N4O2S/c1-9-3-4-10(7-11(9)13)19(17,18)15-8-12-14-5-6-16(12)2/h3-7,15H,8,13H2,1-2H3. The number of aryl methyl sites for hydroxylation is 2. The molecule has 0 spiro atoms. The fraction of sp³-hybridized carbons (Fsp3) is 0.250. The minimum Gasteiger partial charge on any atom is -0.398 e. The number of anilines is 1. The Morgan fingerprint density at radius 1 is 1.42 bits per heavy atom. The van der Waals surface area contributed by atoms with Crippen molar-refractivity contribution in [2.45, 2.75) is 18.4 Å². The third kappa shape index (κ3) is 2.94. The predicted octanol–water partition coefficient (Wildman–Crippen LogP) is 0.789. The van der Waals surface area contributed by atoms with Gasteiger partial charge in [0.1, 0.15) is 5.82 Å². The van der Waals surface area contributed by atoms with Crippen LogP contribution in [0.15, 0.2) is 35.5 Å². The highest BCUT2D eigenvalue weighted by Crippen LogP contribution is 2.17. The summed E-state index contributed by atoms with van der Waals surface area (Å²) in [5.41, 5.74) is 7.03. The van der Waals surface area contributed by atoms with Gasteiger partial charge in [0.2, 0.25) is 10.0 Å². The number of hydrogen-bond acceptors (Lipinski definition) is 4. The van der Waals surface area contributed by atoms with Crippen molar-refractivity contribution in [3.63, 3.8) is 0 Å². The van der Waals surface area contributed by atoms with Gasteiger partial charge in [-0.2, -0.15) is 0 Å². The second-order valence-corrected chi connectivity index (χ2v) is 6.06. The third-order valence-electron chi connectivity index (χ3n) is 2.90. The van der Waals surface area contributed by atoms with Gasteiger partial charge in [-0.25, -0.2) is 18.1 Å². The molecule has 1 aromatic carbocycles. The van der Waals surface area contributed by atoms with Crippen LogP contribution in [0, 0.1) is 6.92 Å². The van der Waals surface area contributed by atoms with Crippen LogP contribution in [0.5, 0.6) is 0 Å². The molecule has 3 N–H and O–H groups in total. The summed E-state index contributed by atoms with van der Waals surface area (Å²) in [6.07, 6.45) is 3.38. The highest BCUT2D eigenvalue weighted by atomic mass is 32.2. The molecule has 0 fully saturated rings. The SMILES string of the molecule is Cc1ccc(S(=O)(=O)NCc2nccn2C)cc1N. The number of aromatic nitrogens is 2. The van der Waals surface area contributed by atoms with E-state index in [1.807, 2.05) is 6.92 Å². The zero-order valence-corrected chi connectivity index (χ0v) is 11.6. The first-order valence-electron chi connectivity index (χ1n) is 5.72. The molecule has 0 bridgehead atoms. The molecule has 0 aliphatic heterocycles. The smallest absolute Gasteiger partial charge is 0.241 e. The number of nitrogens with one attached hydrogen (secondary N) is 1. The average Bonchev–Trinajstić information content (AvgIpc) is 2.76.